The Balaban J connectivity index is 3.24. The maximum absolute atomic E-state index is 8.95. The van der Waals surface area contributed by atoms with Crippen molar-refractivity contribution in [2.45, 2.75) is 46.1 Å². The molecule has 0 unspecified atom stereocenters. The average molecular weight is 191 g/mol. The summed E-state index contributed by atoms with van der Waals surface area (Å²) >= 11 is 0. The highest BCUT2D eigenvalue weighted by molar-refractivity contribution is 5.34. The zero-order valence-corrected chi connectivity index (χ0v) is 9.50. The van der Waals surface area contributed by atoms with E-state index < -0.39 is 0 Å². The molecule has 0 amide bonds. The lowest BCUT2D eigenvalue weighted by Gasteiger charge is -2.16. The second-order valence-corrected chi connectivity index (χ2v) is 4.83. The van der Waals surface area contributed by atoms with Gasteiger partial charge in [-0.2, -0.15) is 10.4 Å². The van der Waals surface area contributed by atoms with Gasteiger partial charge in [0.1, 0.15) is 6.07 Å². The molecule has 76 valence electrons. The van der Waals surface area contributed by atoms with Gasteiger partial charge in [-0.25, -0.2) is 0 Å². The smallest absolute Gasteiger partial charge is 0.166 e. The Morgan fingerprint density at radius 3 is 2.29 bits per heavy atom. The average Bonchev–Trinajstić information content (AvgIpc) is 2.46. The molecule has 0 bridgehead atoms. The standard InChI is InChI=1S/C11H17N3/c1-8(2)14-7-9(11(3,4)5)10(6-12)13-14/h7-8H,1-5H3. The van der Waals surface area contributed by atoms with Crippen LogP contribution >= 0.6 is 0 Å². The van der Waals surface area contributed by atoms with Gasteiger partial charge < -0.3 is 0 Å². The quantitative estimate of drug-likeness (QED) is 0.684. The van der Waals surface area contributed by atoms with Crippen molar-refractivity contribution in [1.29, 1.82) is 5.26 Å². The molecule has 3 heteroatoms. The summed E-state index contributed by atoms with van der Waals surface area (Å²) < 4.78 is 1.85. The Bertz CT molecular complexity index is 361. The summed E-state index contributed by atoms with van der Waals surface area (Å²) in [6.07, 6.45) is 1.98. The minimum atomic E-state index is -0.0157. The van der Waals surface area contributed by atoms with E-state index in [0.29, 0.717) is 11.7 Å². The van der Waals surface area contributed by atoms with Gasteiger partial charge in [0, 0.05) is 17.8 Å². The SMILES string of the molecule is CC(C)n1cc(C(C)(C)C)c(C#N)n1. The summed E-state index contributed by atoms with van der Waals surface area (Å²) in [5.41, 5.74) is 1.55. The van der Waals surface area contributed by atoms with Crippen molar-refractivity contribution in [2.24, 2.45) is 0 Å². The van der Waals surface area contributed by atoms with Crippen molar-refractivity contribution in [1.82, 2.24) is 9.78 Å². The molecule has 0 atom stereocenters. The maximum atomic E-state index is 8.95. The minimum absolute atomic E-state index is 0.0157. The van der Waals surface area contributed by atoms with E-state index in [2.05, 4.69) is 45.8 Å². The van der Waals surface area contributed by atoms with Gasteiger partial charge in [-0.05, 0) is 19.3 Å². The lowest BCUT2D eigenvalue weighted by molar-refractivity contribution is 0.527. The third-order valence-corrected chi connectivity index (χ3v) is 2.17. The molecule has 0 fully saturated rings. The van der Waals surface area contributed by atoms with Crippen LogP contribution in [0.1, 0.15) is 51.9 Å². The van der Waals surface area contributed by atoms with Crippen LogP contribution < -0.4 is 0 Å². The minimum Gasteiger partial charge on any atom is -0.269 e. The highest BCUT2D eigenvalue weighted by Gasteiger charge is 2.22. The number of hydrogen-bond donors (Lipinski definition) is 0. The number of nitrogens with zero attached hydrogens (tertiary/aromatic N) is 3. The Morgan fingerprint density at radius 1 is 1.43 bits per heavy atom. The predicted molar refractivity (Wildman–Crippen MR) is 56.0 cm³/mol. The first-order chi connectivity index (χ1) is 6.36. The molecule has 1 aromatic rings. The maximum Gasteiger partial charge on any atom is 0.166 e. The summed E-state index contributed by atoms with van der Waals surface area (Å²) in [5, 5.41) is 13.2. The molecule has 0 saturated carbocycles. The van der Waals surface area contributed by atoms with E-state index >= 15 is 0 Å². The molecule has 1 aromatic heterocycles. The van der Waals surface area contributed by atoms with Gasteiger partial charge in [0.25, 0.3) is 0 Å². The molecule has 1 heterocycles. The lowest BCUT2D eigenvalue weighted by atomic mass is 9.87. The van der Waals surface area contributed by atoms with Gasteiger partial charge >= 0.3 is 0 Å². The largest absolute Gasteiger partial charge is 0.269 e. The second kappa shape index (κ2) is 3.45. The van der Waals surface area contributed by atoms with Crippen molar-refractivity contribution in [3.63, 3.8) is 0 Å². The number of nitriles is 1. The third kappa shape index (κ3) is 1.95. The van der Waals surface area contributed by atoms with E-state index in [1.165, 1.54) is 0 Å². The Labute approximate surface area is 85.4 Å². The summed E-state index contributed by atoms with van der Waals surface area (Å²) in [6.45, 7) is 10.4. The van der Waals surface area contributed by atoms with Crippen LogP contribution in [0, 0.1) is 11.3 Å². The lowest BCUT2D eigenvalue weighted by Crippen LogP contribution is -2.11. The van der Waals surface area contributed by atoms with Crippen molar-refractivity contribution in [3.8, 4) is 6.07 Å². The molecule has 3 nitrogen and oxygen atoms in total. The molecule has 0 spiro atoms. The molecular formula is C11H17N3. The zero-order chi connectivity index (χ0) is 10.9. The summed E-state index contributed by atoms with van der Waals surface area (Å²) in [6, 6.07) is 2.45. The van der Waals surface area contributed by atoms with Gasteiger partial charge in [-0.1, -0.05) is 20.8 Å². The van der Waals surface area contributed by atoms with Gasteiger partial charge in [0.15, 0.2) is 5.69 Å². The Morgan fingerprint density at radius 2 is 2.00 bits per heavy atom. The molecule has 1 rings (SSSR count). The number of hydrogen-bond acceptors (Lipinski definition) is 2. The van der Waals surface area contributed by atoms with Crippen molar-refractivity contribution in [2.75, 3.05) is 0 Å². The van der Waals surface area contributed by atoms with Crippen molar-refractivity contribution in [3.05, 3.63) is 17.5 Å². The van der Waals surface area contributed by atoms with E-state index in [0.717, 1.165) is 5.56 Å². The van der Waals surface area contributed by atoms with Gasteiger partial charge in [0.2, 0.25) is 0 Å². The molecule has 0 aliphatic carbocycles. The van der Waals surface area contributed by atoms with Crippen LogP contribution in [-0.4, -0.2) is 9.78 Å². The van der Waals surface area contributed by atoms with E-state index in [1.807, 2.05) is 10.9 Å². The summed E-state index contributed by atoms with van der Waals surface area (Å²) in [5.74, 6) is 0. The molecule has 0 aromatic carbocycles. The molecule has 0 radical (unpaired) electrons. The fourth-order valence-electron chi connectivity index (χ4n) is 1.29. The van der Waals surface area contributed by atoms with Crippen LogP contribution in [0.15, 0.2) is 6.20 Å². The molecule has 0 N–H and O–H groups in total. The fourth-order valence-corrected chi connectivity index (χ4v) is 1.29. The van der Waals surface area contributed by atoms with Crippen LogP contribution in [0.3, 0.4) is 0 Å². The zero-order valence-electron chi connectivity index (χ0n) is 9.50. The van der Waals surface area contributed by atoms with Crippen LogP contribution in [0.25, 0.3) is 0 Å². The summed E-state index contributed by atoms with van der Waals surface area (Å²) in [4.78, 5) is 0. The Hall–Kier alpha value is -1.30. The van der Waals surface area contributed by atoms with Gasteiger partial charge in [-0.3, -0.25) is 4.68 Å². The first kappa shape index (κ1) is 10.8. The molecule has 14 heavy (non-hydrogen) atoms. The highest BCUT2D eigenvalue weighted by atomic mass is 15.3. The predicted octanol–water partition coefficient (Wildman–Crippen LogP) is 2.63. The van der Waals surface area contributed by atoms with E-state index in [-0.39, 0.29) is 5.41 Å². The molecule has 0 saturated heterocycles. The van der Waals surface area contributed by atoms with Crippen molar-refractivity contribution < 1.29 is 0 Å². The monoisotopic (exact) mass is 191 g/mol. The Kier molecular flexibility index (Phi) is 2.66. The highest BCUT2D eigenvalue weighted by Crippen LogP contribution is 2.25. The molecule has 0 aliphatic rings. The van der Waals surface area contributed by atoms with Gasteiger partial charge in [0.05, 0.1) is 0 Å². The van der Waals surface area contributed by atoms with Crippen molar-refractivity contribution >= 4 is 0 Å². The normalized spacial score (nSPS) is 11.8. The fraction of sp³-hybridized carbons (Fsp3) is 0.636. The third-order valence-electron chi connectivity index (χ3n) is 2.17. The van der Waals surface area contributed by atoms with Crippen LogP contribution in [0.5, 0.6) is 0 Å². The molecular weight excluding hydrogens is 174 g/mol. The summed E-state index contributed by atoms with van der Waals surface area (Å²) in [7, 11) is 0. The first-order valence-electron chi connectivity index (χ1n) is 4.86. The van der Waals surface area contributed by atoms with E-state index in [9.17, 15) is 0 Å². The van der Waals surface area contributed by atoms with Crippen LogP contribution in [0.2, 0.25) is 0 Å². The first-order valence-corrected chi connectivity index (χ1v) is 4.86. The van der Waals surface area contributed by atoms with Crippen LogP contribution in [0.4, 0.5) is 0 Å². The number of rotatable bonds is 1. The molecule has 0 aliphatic heterocycles. The van der Waals surface area contributed by atoms with Crippen LogP contribution in [-0.2, 0) is 5.41 Å². The number of aromatic nitrogens is 2. The van der Waals surface area contributed by atoms with E-state index in [4.69, 9.17) is 5.26 Å². The van der Waals surface area contributed by atoms with Gasteiger partial charge in [-0.15, -0.1) is 0 Å². The topological polar surface area (TPSA) is 41.6 Å². The second-order valence-electron chi connectivity index (χ2n) is 4.83. The van der Waals surface area contributed by atoms with E-state index in [1.54, 1.807) is 0 Å².